The van der Waals surface area contributed by atoms with E-state index in [-0.39, 0.29) is 5.09 Å². The van der Waals surface area contributed by atoms with E-state index in [0.717, 1.165) is 12.3 Å². The lowest BCUT2D eigenvalue weighted by atomic mass is 10.3. The van der Waals surface area contributed by atoms with Crippen LogP contribution >= 0.6 is 0 Å². The van der Waals surface area contributed by atoms with Crippen LogP contribution in [0.4, 0.5) is 0 Å². The van der Waals surface area contributed by atoms with Crippen molar-refractivity contribution in [1.82, 2.24) is 10.0 Å². The molecule has 1 unspecified atom stereocenters. The molecule has 0 spiro atoms. The molecule has 7 heteroatoms. The standard InChI is InChI=1S/C14H20N2O4S/c1-4-15-9-12-6-8-14(20-12)21(17,18)16-11(3)13-7-5-10(2)19-13/h5-8,11,15-16H,4,9H2,1-3H3. The molecule has 2 heterocycles. The molecule has 0 aliphatic heterocycles. The van der Waals surface area contributed by atoms with Crippen LogP contribution in [0, 0.1) is 6.92 Å². The van der Waals surface area contributed by atoms with Crippen molar-refractivity contribution in [3.8, 4) is 0 Å². The second-order valence-corrected chi connectivity index (χ2v) is 6.44. The molecular weight excluding hydrogens is 292 g/mol. The minimum atomic E-state index is -3.71. The highest BCUT2D eigenvalue weighted by atomic mass is 32.2. The highest BCUT2D eigenvalue weighted by Gasteiger charge is 2.23. The Bertz CT molecular complexity index is 687. The van der Waals surface area contributed by atoms with Gasteiger partial charge < -0.3 is 14.2 Å². The molecule has 21 heavy (non-hydrogen) atoms. The van der Waals surface area contributed by atoms with E-state index in [4.69, 9.17) is 8.83 Å². The number of furan rings is 2. The topological polar surface area (TPSA) is 84.5 Å². The Morgan fingerprint density at radius 1 is 1.19 bits per heavy atom. The predicted octanol–water partition coefficient (Wildman–Crippen LogP) is 2.33. The Hall–Kier alpha value is -1.57. The summed E-state index contributed by atoms with van der Waals surface area (Å²) >= 11 is 0. The van der Waals surface area contributed by atoms with Gasteiger partial charge in [-0.2, -0.15) is 4.72 Å². The molecule has 2 rings (SSSR count). The normalized spacial score (nSPS) is 13.5. The van der Waals surface area contributed by atoms with Gasteiger partial charge in [0.25, 0.3) is 10.0 Å². The van der Waals surface area contributed by atoms with Crippen molar-refractivity contribution in [3.05, 3.63) is 41.5 Å². The van der Waals surface area contributed by atoms with Gasteiger partial charge in [0, 0.05) is 0 Å². The maximum atomic E-state index is 12.2. The van der Waals surface area contributed by atoms with Gasteiger partial charge in [-0.1, -0.05) is 6.92 Å². The second kappa shape index (κ2) is 6.46. The van der Waals surface area contributed by atoms with Gasteiger partial charge in [0.2, 0.25) is 5.09 Å². The first kappa shape index (κ1) is 15.8. The summed E-state index contributed by atoms with van der Waals surface area (Å²) < 4.78 is 37.8. The zero-order chi connectivity index (χ0) is 15.5. The van der Waals surface area contributed by atoms with Gasteiger partial charge in [0.15, 0.2) is 0 Å². The summed E-state index contributed by atoms with van der Waals surface area (Å²) in [6.45, 7) is 6.78. The first-order valence-corrected chi connectivity index (χ1v) is 8.29. The predicted molar refractivity (Wildman–Crippen MR) is 78.3 cm³/mol. The van der Waals surface area contributed by atoms with Gasteiger partial charge in [0.1, 0.15) is 17.3 Å². The minimum Gasteiger partial charge on any atom is -0.465 e. The second-order valence-electron chi connectivity index (χ2n) is 4.79. The third-order valence-corrected chi connectivity index (χ3v) is 4.38. The van der Waals surface area contributed by atoms with E-state index in [1.165, 1.54) is 6.07 Å². The Labute approximate surface area is 124 Å². The van der Waals surface area contributed by atoms with E-state index in [2.05, 4.69) is 10.0 Å². The molecule has 1 atom stereocenters. The average molecular weight is 312 g/mol. The quantitative estimate of drug-likeness (QED) is 0.819. The summed E-state index contributed by atoms with van der Waals surface area (Å²) in [5.41, 5.74) is 0. The molecule has 6 nitrogen and oxygen atoms in total. The van der Waals surface area contributed by atoms with Crippen LogP contribution in [0.1, 0.15) is 37.2 Å². The molecule has 0 saturated heterocycles. The third-order valence-electron chi connectivity index (χ3n) is 2.97. The minimum absolute atomic E-state index is 0.0921. The zero-order valence-electron chi connectivity index (χ0n) is 12.3. The Morgan fingerprint density at radius 3 is 2.57 bits per heavy atom. The van der Waals surface area contributed by atoms with Crippen LogP contribution in [0.2, 0.25) is 0 Å². The van der Waals surface area contributed by atoms with Crippen molar-refractivity contribution in [1.29, 1.82) is 0 Å². The average Bonchev–Trinajstić information content (AvgIpc) is 3.05. The lowest BCUT2D eigenvalue weighted by Crippen LogP contribution is -2.26. The van der Waals surface area contributed by atoms with Crippen LogP contribution in [0.25, 0.3) is 0 Å². The highest BCUT2D eigenvalue weighted by molar-refractivity contribution is 7.89. The van der Waals surface area contributed by atoms with Crippen LogP contribution in [0.3, 0.4) is 0 Å². The molecule has 2 aromatic rings. The van der Waals surface area contributed by atoms with E-state index < -0.39 is 16.1 Å². The number of rotatable bonds is 7. The summed E-state index contributed by atoms with van der Waals surface area (Å²) in [5.74, 6) is 1.89. The monoisotopic (exact) mass is 312 g/mol. The molecule has 0 radical (unpaired) electrons. The van der Waals surface area contributed by atoms with Gasteiger partial charge in [-0.15, -0.1) is 0 Å². The molecule has 0 amide bonds. The number of hydrogen-bond donors (Lipinski definition) is 2. The largest absolute Gasteiger partial charge is 0.465 e. The molecule has 0 bridgehead atoms. The van der Waals surface area contributed by atoms with Crippen LogP contribution in [-0.2, 0) is 16.6 Å². The lowest BCUT2D eigenvalue weighted by molar-refractivity contribution is 0.395. The van der Waals surface area contributed by atoms with Crippen molar-refractivity contribution in [2.24, 2.45) is 0 Å². The molecule has 0 fully saturated rings. The van der Waals surface area contributed by atoms with Crippen LogP contribution < -0.4 is 10.0 Å². The van der Waals surface area contributed by atoms with E-state index >= 15 is 0 Å². The fourth-order valence-electron chi connectivity index (χ4n) is 1.88. The van der Waals surface area contributed by atoms with Crippen molar-refractivity contribution in [2.75, 3.05) is 6.54 Å². The fraction of sp³-hybridized carbons (Fsp3) is 0.429. The maximum absolute atomic E-state index is 12.2. The molecule has 2 aromatic heterocycles. The number of hydrogen-bond acceptors (Lipinski definition) is 5. The summed E-state index contributed by atoms with van der Waals surface area (Å²) in [4.78, 5) is 0. The van der Waals surface area contributed by atoms with Crippen LogP contribution in [0.15, 0.2) is 38.2 Å². The van der Waals surface area contributed by atoms with E-state index in [1.807, 2.05) is 13.8 Å². The number of nitrogens with one attached hydrogen (secondary N) is 2. The van der Waals surface area contributed by atoms with Gasteiger partial charge in [-0.3, -0.25) is 0 Å². The SMILES string of the molecule is CCNCc1ccc(S(=O)(=O)NC(C)c2ccc(C)o2)o1. The molecule has 116 valence electrons. The maximum Gasteiger partial charge on any atom is 0.274 e. The van der Waals surface area contributed by atoms with Crippen LogP contribution in [0.5, 0.6) is 0 Å². The smallest absolute Gasteiger partial charge is 0.274 e. The van der Waals surface area contributed by atoms with Gasteiger partial charge >= 0.3 is 0 Å². The third kappa shape index (κ3) is 3.96. The van der Waals surface area contributed by atoms with Gasteiger partial charge in [-0.25, -0.2) is 8.42 Å². The van der Waals surface area contributed by atoms with E-state index in [1.54, 1.807) is 25.1 Å². The summed E-state index contributed by atoms with van der Waals surface area (Å²) in [7, 11) is -3.71. The molecule has 2 N–H and O–H groups in total. The first-order valence-electron chi connectivity index (χ1n) is 6.80. The van der Waals surface area contributed by atoms with Crippen molar-refractivity contribution >= 4 is 10.0 Å². The summed E-state index contributed by atoms with van der Waals surface area (Å²) in [6, 6.07) is 6.18. The van der Waals surface area contributed by atoms with E-state index in [9.17, 15) is 8.42 Å². The number of aryl methyl sites for hydroxylation is 1. The summed E-state index contributed by atoms with van der Waals surface area (Å²) in [6.07, 6.45) is 0. The van der Waals surface area contributed by atoms with Crippen molar-refractivity contribution in [2.45, 2.75) is 38.5 Å². The van der Waals surface area contributed by atoms with Crippen LogP contribution in [-0.4, -0.2) is 15.0 Å². The lowest BCUT2D eigenvalue weighted by Gasteiger charge is -2.10. The molecule has 0 aromatic carbocycles. The van der Waals surface area contributed by atoms with Crippen molar-refractivity contribution < 1.29 is 17.3 Å². The molecule has 0 saturated carbocycles. The highest BCUT2D eigenvalue weighted by Crippen LogP contribution is 2.20. The Balaban J connectivity index is 2.09. The molecule has 0 aliphatic carbocycles. The fourth-order valence-corrected chi connectivity index (χ4v) is 3.04. The first-order chi connectivity index (χ1) is 9.92. The molecular formula is C14H20N2O4S. The van der Waals surface area contributed by atoms with Gasteiger partial charge in [-0.05, 0) is 44.7 Å². The Morgan fingerprint density at radius 2 is 1.95 bits per heavy atom. The van der Waals surface area contributed by atoms with Crippen molar-refractivity contribution in [3.63, 3.8) is 0 Å². The number of sulfonamides is 1. The molecule has 0 aliphatic rings. The Kier molecular flexibility index (Phi) is 4.87. The summed E-state index contributed by atoms with van der Waals surface area (Å²) in [5, 5.41) is 2.98. The van der Waals surface area contributed by atoms with E-state index in [0.29, 0.717) is 18.1 Å². The zero-order valence-corrected chi connectivity index (χ0v) is 13.2. The van der Waals surface area contributed by atoms with Gasteiger partial charge in [0.05, 0.1) is 12.6 Å².